The van der Waals surface area contributed by atoms with Crippen molar-refractivity contribution in [3.63, 3.8) is 0 Å². The Balaban J connectivity index is 1.29. The Labute approximate surface area is 207 Å². The smallest absolute Gasteiger partial charge is 0.338 e. The summed E-state index contributed by atoms with van der Waals surface area (Å²) in [6.07, 6.45) is 0. The molecule has 0 spiro atoms. The lowest BCUT2D eigenvalue weighted by Crippen LogP contribution is -2.31. The monoisotopic (exact) mass is 499 g/mol. The first-order chi connectivity index (χ1) is 17.3. The molecule has 180 valence electrons. The van der Waals surface area contributed by atoms with Crippen molar-refractivity contribution in [1.29, 1.82) is 0 Å². The first-order valence-electron chi connectivity index (χ1n) is 11.2. The minimum atomic E-state index is -3.99. The van der Waals surface area contributed by atoms with Crippen molar-refractivity contribution < 1.29 is 27.5 Å². The van der Waals surface area contributed by atoms with Crippen LogP contribution in [0.5, 0.6) is 0 Å². The third kappa shape index (κ3) is 4.05. The standard InChI is InChI=1S/C28H21NO6S/c1-17(20-11-6-8-18-7-2-3-9-21(18)20)29-26(30)16-35-28(32)19-13-14-23-25(15-19)36(33,34)24-12-5-4-10-22(24)27(23)31/h2-15,17H,16H2,1H3,(H,29,30). The molecule has 1 aliphatic rings. The number of hydrogen-bond donors (Lipinski definition) is 1. The van der Waals surface area contributed by atoms with E-state index in [1.54, 1.807) is 6.07 Å². The Morgan fingerprint density at radius 1 is 0.861 bits per heavy atom. The summed E-state index contributed by atoms with van der Waals surface area (Å²) < 4.78 is 31.3. The highest BCUT2D eigenvalue weighted by Gasteiger charge is 2.35. The van der Waals surface area contributed by atoms with Crippen molar-refractivity contribution in [2.75, 3.05) is 6.61 Å². The maximum atomic E-state index is 13.1. The predicted octanol–water partition coefficient (Wildman–Crippen LogP) is 4.25. The number of benzene rings is 4. The van der Waals surface area contributed by atoms with Gasteiger partial charge < -0.3 is 10.1 Å². The minimum absolute atomic E-state index is 0.00749. The molecule has 7 nitrogen and oxygen atoms in total. The number of ketones is 1. The third-order valence-electron chi connectivity index (χ3n) is 6.17. The average molecular weight is 500 g/mol. The Morgan fingerprint density at radius 2 is 1.56 bits per heavy atom. The van der Waals surface area contributed by atoms with E-state index < -0.39 is 34.1 Å². The van der Waals surface area contributed by atoms with Crippen LogP contribution in [-0.4, -0.2) is 32.7 Å². The van der Waals surface area contributed by atoms with E-state index >= 15 is 0 Å². The van der Waals surface area contributed by atoms with Gasteiger partial charge in [0, 0.05) is 11.1 Å². The van der Waals surface area contributed by atoms with E-state index in [0.717, 1.165) is 22.4 Å². The van der Waals surface area contributed by atoms with Crippen LogP contribution < -0.4 is 5.32 Å². The van der Waals surface area contributed by atoms with Crippen molar-refractivity contribution in [1.82, 2.24) is 5.32 Å². The summed E-state index contributed by atoms with van der Waals surface area (Å²) in [5.41, 5.74) is 0.946. The first-order valence-corrected chi connectivity index (χ1v) is 12.7. The number of esters is 1. The molecule has 1 heterocycles. The van der Waals surface area contributed by atoms with Gasteiger partial charge in [-0.2, -0.15) is 0 Å². The number of nitrogens with one attached hydrogen (secondary N) is 1. The molecule has 36 heavy (non-hydrogen) atoms. The zero-order valence-corrected chi connectivity index (χ0v) is 20.0. The summed E-state index contributed by atoms with van der Waals surface area (Å²) in [6, 6.07) is 23.0. The van der Waals surface area contributed by atoms with E-state index in [-0.39, 0.29) is 32.5 Å². The van der Waals surface area contributed by atoms with Crippen LogP contribution in [0.25, 0.3) is 10.8 Å². The van der Waals surface area contributed by atoms with Gasteiger partial charge in [0.2, 0.25) is 9.84 Å². The number of amides is 1. The lowest BCUT2D eigenvalue weighted by Gasteiger charge is -2.19. The van der Waals surface area contributed by atoms with E-state index in [1.807, 2.05) is 49.4 Å². The van der Waals surface area contributed by atoms with Crippen molar-refractivity contribution in [2.45, 2.75) is 22.8 Å². The maximum absolute atomic E-state index is 13.1. The number of carbonyl (C=O) groups excluding carboxylic acids is 3. The van der Waals surface area contributed by atoms with Crippen molar-refractivity contribution in [2.24, 2.45) is 0 Å². The molecule has 1 atom stereocenters. The summed E-state index contributed by atoms with van der Waals surface area (Å²) in [4.78, 5) is 37.5. The second-order valence-corrected chi connectivity index (χ2v) is 10.4. The summed E-state index contributed by atoms with van der Waals surface area (Å²) in [5, 5.41) is 4.88. The fourth-order valence-corrected chi connectivity index (χ4v) is 6.09. The van der Waals surface area contributed by atoms with Gasteiger partial charge in [0.15, 0.2) is 12.4 Å². The normalized spacial score (nSPS) is 14.4. The minimum Gasteiger partial charge on any atom is -0.452 e. The van der Waals surface area contributed by atoms with Crippen LogP contribution in [0.1, 0.15) is 44.8 Å². The Hall–Kier alpha value is -4.30. The zero-order valence-electron chi connectivity index (χ0n) is 19.2. The molecule has 0 saturated heterocycles. The molecule has 1 N–H and O–H groups in total. The van der Waals surface area contributed by atoms with E-state index in [2.05, 4.69) is 5.32 Å². The Kier molecular flexibility index (Phi) is 5.89. The van der Waals surface area contributed by atoms with Crippen molar-refractivity contribution >= 4 is 38.3 Å². The molecule has 4 aromatic rings. The van der Waals surface area contributed by atoms with Crippen LogP contribution in [-0.2, 0) is 19.4 Å². The maximum Gasteiger partial charge on any atom is 0.338 e. The van der Waals surface area contributed by atoms with Gasteiger partial charge in [-0.05, 0) is 53.6 Å². The second-order valence-electron chi connectivity index (χ2n) is 8.47. The van der Waals surface area contributed by atoms with Crippen LogP contribution >= 0.6 is 0 Å². The van der Waals surface area contributed by atoms with Gasteiger partial charge in [0.1, 0.15) is 0 Å². The highest BCUT2D eigenvalue weighted by Crippen LogP contribution is 2.34. The van der Waals surface area contributed by atoms with Gasteiger partial charge in [-0.1, -0.05) is 54.6 Å². The molecule has 0 aromatic heterocycles. The largest absolute Gasteiger partial charge is 0.452 e. The summed E-state index contributed by atoms with van der Waals surface area (Å²) in [7, 11) is -3.99. The Bertz CT molecular complexity index is 1650. The molecule has 0 saturated carbocycles. The average Bonchev–Trinajstić information content (AvgIpc) is 2.90. The molecule has 0 fully saturated rings. The predicted molar refractivity (Wildman–Crippen MR) is 133 cm³/mol. The van der Waals surface area contributed by atoms with E-state index in [0.29, 0.717) is 0 Å². The molecule has 0 bridgehead atoms. The highest BCUT2D eigenvalue weighted by molar-refractivity contribution is 7.91. The molecule has 8 heteroatoms. The number of carbonyl (C=O) groups is 3. The van der Waals surface area contributed by atoms with Crippen molar-refractivity contribution in [3.8, 4) is 0 Å². The van der Waals surface area contributed by atoms with Gasteiger partial charge in [0.05, 0.1) is 21.4 Å². The number of hydrogen-bond acceptors (Lipinski definition) is 6. The summed E-state index contributed by atoms with van der Waals surface area (Å²) >= 11 is 0. The molecule has 1 aliphatic heterocycles. The fourth-order valence-electron chi connectivity index (χ4n) is 4.41. The van der Waals surface area contributed by atoms with Crippen molar-refractivity contribution in [3.05, 3.63) is 107 Å². The van der Waals surface area contributed by atoms with Crippen LogP contribution in [0.3, 0.4) is 0 Å². The molecular weight excluding hydrogens is 478 g/mol. The van der Waals surface area contributed by atoms with Crippen LogP contribution in [0.2, 0.25) is 0 Å². The third-order valence-corrected chi connectivity index (χ3v) is 8.03. The molecule has 4 aromatic carbocycles. The Morgan fingerprint density at radius 3 is 2.39 bits per heavy atom. The number of ether oxygens (including phenoxy) is 1. The molecule has 5 rings (SSSR count). The van der Waals surface area contributed by atoms with Gasteiger partial charge in [-0.15, -0.1) is 0 Å². The second kappa shape index (κ2) is 9.05. The number of sulfone groups is 1. The van der Waals surface area contributed by atoms with Gasteiger partial charge in [0.25, 0.3) is 5.91 Å². The molecule has 1 amide bonds. The number of rotatable bonds is 5. The topological polar surface area (TPSA) is 107 Å². The molecule has 1 unspecified atom stereocenters. The van der Waals surface area contributed by atoms with Crippen LogP contribution in [0, 0.1) is 0 Å². The summed E-state index contributed by atoms with van der Waals surface area (Å²) in [6.45, 7) is 1.30. The lowest BCUT2D eigenvalue weighted by molar-refractivity contribution is -0.124. The zero-order chi connectivity index (χ0) is 25.4. The molecular formula is C28H21NO6S. The van der Waals surface area contributed by atoms with Crippen LogP contribution in [0.4, 0.5) is 0 Å². The molecule has 0 aliphatic carbocycles. The van der Waals surface area contributed by atoms with Gasteiger partial charge >= 0.3 is 5.97 Å². The fraction of sp³-hybridized carbons (Fsp3) is 0.107. The quantitative estimate of drug-likeness (QED) is 0.362. The van der Waals surface area contributed by atoms with E-state index in [9.17, 15) is 22.8 Å². The lowest BCUT2D eigenvalue weighted by atomic mass is 10.00. The van der Waals surface area contributed by atoms with Gasteiger partial charge in [-0.3, -0.25) is 9.59 Å². The van der Waals surface area contributed by atoms with E-state index in [1.165, 1.54) is 30.3 Å². The molecule has 0 radical (unpaired) electrons. The van der Waals surface area contributed by atoms with Crippen LogP contribution in [0.15, 0.2) is 94.7 Å². The first kappa shape index (κ1) is 23.4. The summed E-state index contributed by atoms with van der Waals surface area (Å²) in [5.74, 6) is -1.80. The number of fused-ring (bicyclic) bond motifs is 3. The van der Waals surface area contributed by atoms with Gasteiger partial charge in [-0.25, -0.2) is 13.2 Å². The SMILES string of the molecule is CC(NC(=O)COC(=O)c1ccc2c(c1)S(=O)(=O)c1ccccc1C2=O)c1cccc2ccccc12. The highest BCUT2D eigenvalue weighted by atomic mass is 32.2. The van der Waals surface area contributed by atoms with E-state index in [4.69, 9.17) is 4.74 Å².